The molecule has 5 nitrogen and oxygen atoms in total. The number of hydrogen-bond donors (Lipinski definition) is 3. The normalized spacial score (nSPS) is 11.1. The molecule has 25 heavy (non-hydrogen) atoms. The number of benzene rings is 2. The number of phenols is 1. The molecule has 0 aliphatic heterocycles. The Hall–Kier alpha value is -2.74. The summed E-state index contributed by atoms with van der Waals surface area (Å²) in [5.41, 5.74) is -0.557. The summed E-state index contributed by atoms with van der Waals surface area (Å²) in [6.45, 7) is 1.60. The molecule has 9 heteroatoms. The van der Waals surface area contributed by atoms with E-state index in [1.165, 1.54) is 18.2 Å². The zero-order valence-corrected chi connectivity index (χ0v) is 13.5. The maximum absolute atomic E-state index is 12.8. The van der Waals surface area contributed by atoms with E-state index in [4.69, 9.17) is 11.6 Å². The molecule has 0 aromatic heterocycles. The Kier molecular flexibility index (Phi) is 5.22. The third kappa shape index (κ3) is 4.63. The van der Waals surface area contributed by atoms with Crippen LogP contribution in [0.3, 0.4) is 0 Å². The second kappa shape index (κ2) is 7.02. The molecule has 0 saturated heterocycles. The molecule has 0 radical (unpaired) electrons. The lowest BCUT2D eigenvalue weighted by atomic mass is 10.2. The number of amides is 2. The van der Waals surface area contributed by atoms with Gasteiger partial charge in [-0.2, -0.15) is 13.2 Å². The number of halogens is 4. The van der Waals surface area contributed by atoms with E-state index in [1.54, 1.807) is 6.92 Å². The quantitative estimate of drug-likeness (QED) is 0.551. The van der Waals surface area contributed by atoms with Crippen LogP contribution >= 0.6 is 11.6 Å². The molecule has 0 spiro atoms. The fraction of sp³-hybridized carbons (Fsp3) is 0.125. The van der Waals surface area contributed by atoms with Gasteiger partial charge in [-0.3, -0.25) is 9.59 Å². The number of aromatic hydroxyl groups is 1. The lowest BCUT2D eigenvalue weighted by molar-refractivity contribution is -0.137. The van der Waals surface area contributed by atoms with Crippen LogP contribution in [-0.2, 0) is 15.8 Å². The van der Waals surface area contributed by atoms with Crippen molar-refractivity contribution in [3.63, 3.8) is 0 Å². The Morgan fingerprint density at radius 3 is 2.28 bits per heavy atom. The lowest BCUT2D eigenvalue weighted by Crippen LogP contribution is -2.29. The monoisotopic (exact) mass is 372 g/mol. The molecule has 0 aliphatic carbocycles. The molecule has 2 aromatic carbocycles. The molecule has 0 bridgehead atoms. The third-order valence-electron chi connectivity index (χ3n) is 3.19. The Balaban J connectivity index is 2.12. The summed E-state index contributed by atoms with van der Waals surface area (Å²) >= 11 is 5.49. The lowest BCUT2D eigenvalue weighted by Gasteiger charge is -2.12. The van der Waals surface area contributed by atoms with Crippen molar-refractivity contribution in [2.75, 3.05) is 10.6 Å². The largest absolute Gasteiger partial charge is 0.508 e. The highest BCUT2D eigenvalue weighted by Crippen LogP contribution is 2.36. The number of aryl methyl sites for hydroxylation is 1. The average molecular weight is 373 g/mol. The second-order valence-corrected chi connectivity index (χ2v) is 5.51. The van der Waals surface area contributed by atoms with E-state index in [1.807, 2.05) is 0 Å². The van der Waals surface area contributed by atoms with E-state index in [-0.39, 0.29) is 17.1 Å². The van der Waals surface area contributed by atoms with E-state index in [2.05, 4.69) is 10.6 Å². The molecule has 0 atom stereocenters. The van der Waals surface area contributed by atoms with Crippen molar-refractivity contribution in [3.05, 3.63) is 52.5 Å². The van der Waals surface area contributed by atoms with Gasteiger partial charge in [0.2, 0.25) is 0 Å². The predicted octanol–water partition coefficient (Wildman–Crippen LogP) is 3.95. The maximum Gasteiger partial charge on any atom is 0.417 e. The standard InChI is InChI=1S/C16H12ClF3N2O3/c1-8-6-10(23)3-5-13(8)22-15(25)14(24)21-9-2-4-12(17)11(7-9)16(18,19)20/h2-7,23H,1H3,(H,21,24)(H,22,25). The number of rotatable bonds is 2. The minimum absolute atomic E-state index is 0.0132. The first-order chi connectivity index (χ1) is 11.6. The molecule has 2 aromatic rings. The van der Waals surface area contributed by atoms with Gasteiger partial charge < -0.3 is 15.7 Å². The first kappa shape index (κ1) is 18.6. The highest BCUT2D eigenvalue weighted by molar-refractivity contribution is 6.43. The van der Waals surface area contributed by atoms with Crippen LogP contribution < -0.4 is 10.6 Å². The van der Waals surface area contributed by atoms with Gasteiger partial charge in [0.15, 0.2) is 0 Å². The maximum atomic E-state index is 12.8. The Labute approximate surface area is 145 Å². The number of phenolic OH excluding ortho intramolecular Hbond substituents is 1. The number of carbonyl (C=O) groups is 2. The van der Waals surface area contributed by atoms with Gasteiger partial charge in [0.1, 0.15) is 5.75 Å². The van der Waals surface area contributed by atoms with Crippen molar-refractivity contribution in [2.45, 2.75) is 13.1 Å². The van der Waals surface area contributed by atoms with Gasteiger partial charge in [0.05, 0.1) is 10.6 Å². The van der Waals surface area contributed by atoms with E-state index < -0.39 is 28.6 Å². The van der Waals surface area contributed by atoms with Crippen molar-refractivity contribution in [2.24, 2.45) is 0 Å². The van der Waals surface area contributed by atoms with E-state index in [9.17, 15) is 27.9 Å². The zero-order chi connectivity index (χ0) is 18.8. The molecule has 2 rings (SSSR count). The van der Waals surface area contributed by atoms with Crippen molar-refractivity contribution in [1.29, 1.82) is 0 Å². The summed E-state index contributed by atoms with van der Waals surface area (Å²) in [4.78, 5) is 23.7. The molecule has 2 amide bonds. The van der Waals surface area contributed by atoms with E-state index >= 15 is 0 Å². The summed E-state index contributed by atoms with van der Waals surface area (Å²) in [7, 11) is 0. The Morgan fingerprint density at radius 2 is 1.68 bits per heavy atom. The third-order valence-corrected chi connectivity index (χ3v) is 3.52. The van der Waals surface area contributed by atoms with E-state index in [0.29, 0.717) is 11.6 Å². The summed E-state index contributed by atoms with van der Waals surface area (Å²) in [6, 6.07) is 6.84. The zero-order valence-electron chi connectivity index (χ0n) is 12.7. The Morgan fingerprint density at radius 1 is 1.04 bits per heavy atom. The van der Waals surface area contributed by atoms with Crippen LogP contribution in [0.15, 0.2) is 36.4 Å². The minimum Gasteiger partial charge on any atom is -0.508 e. The van der Waals surface area contributed by atoms with Crippen LogP contribution in [0.4, 0.5) is 24.5 Å². The average Bonchev–Trinajstić information content (AvgIpc) is 2.50. The molecule has 0 heterocycles. The van der Waals surface area contributed by atoms with Gasteiger partial charge in [-0.15, -0.1) is 0 Å². The van der Waals surface area contributed by atoms with Crippen molar-refractivity contribution >= 4 is 34.8 Å². The molecular formula is C16H12ClF3N2O3. The molecule has 0 aliphatic rings. The topological polar surface area (TPSA) is 78.4 Å². The predicted molar refractivity (Wildman–Crippen MR) is 86.6 cm³/mol. The van der Waals surface area contributed by atoms with Crippen LogP contribution in [0, 0.1) is 6.92 Å². The first-order valence-corrected chi connectivity index (χ1v) is 7.24. The highest BCUT2D eigenvalue weighted by Gasteiger charge is 2.33. The van der Waals surface area contributed by atoms with Gasteiger partial charge in [0.25, 0.3) is 0 Å². The smallest absolute Gasteiger partial charge is 0.417 e. The van der Waals surface area contributed by atoms with Crippen LogP contribution in [-0.4, -0.2) is 16.9 Å². The number of anilines is 2. The van der Waals surface area contributed by atoms with Crippen LogP contribution in [0.25, 0.3) is 0 Å². The van der Waals surface area contributed by atoms with Gasteiger partial charge >= 0.3 is 18.0 Å². The number of carbonyl (C=O) groups excluding carboxylic acids is 2. The molecule has 0 unspecified atom stereocenters. The van der Waals surface area contributed by atoms with Gasteiger partial charge in [0, 0.05) is 11.4 Å². The number of alkyl halides is 3. The van der Waals surface area contributed by atoms with Crippen molar-refractivity contribution in [3.8, 4) is 5.75 Å². The SMILES string of the molecule is Cc1cc(O)ccc1NC(=O)C(=O)Nc1ccc(Cl)c(C(F)(F)F)c1. The number of hydrogen-bond acceptors (Lipinski definition) is 3. The van der Waals surface area contributed by atoms with E-state index in [0.717, 1.165) is 12.1 Å². The molecule has 0 fully saturated rings. The minimum atomic E-state index is -4.69. The fourth-order valence-electron chi connectivity index (χ4n) is 1.98. The van der Waals surface area contributed by atoms with Gasteiger partial charge in [-0.25, -0.2) is 0 Å². The molecular weight excluding hydrogens is 361 g/mol. The van der Waals surface area contributed by atoms with Crippen LogP contribution in [0.2, 0.25) is 5.02 Å². The summed E-state index contributed by atoms with van der Waals surface area (Å²) in [5, 5.41) is 13.2. The van der Waals surface area contributed by atoms with Crippen LogP contribution in [0.1, 0.15) is 11.1 Å². The van der Waals surface area contributed by atoms with Gasteiger partial charge in [-0.1, -0.05) is 11.6 Å². The first-order valence-electron chi connectivity index (χ1n) is 6.86. The fourth-order valence-corrected chi connectivity index (χ4v) is 2.20. The summed E-state index contributed by atoms with van der Waals surface area (Å²) in [6.07, 6.45) is -4.69. The Bertz CT molecular complexity index is 838. The number of nitrogens with one attached hydrogen (secondary N) is 2. The molecule has 0 saturated carbocycles. The van der Waals surface area contributed by atoms with Gasteiger partial charge in [-0.05, 0) is 48.9 Å². The summed E-state index contributed by atoms with van der Waals surface area (Å²) in [5.74, 6) is -2.24. The second-order valence-electron chi connectivity index (χ2n) is 5.10. The highest BCUT2D eigenvalue weighted by atomic mass is 35.5. The molecule has 132 valence electrons. The summed E-state index contributed by atoms with van der Waals surface area (Å²) < 4.78 is 38.4. The molecule has 3 N–H and O–H groups in total. The van der Waals surface area contributed by atoms with Crippen LogP contribution in [0.5, 0.6) is 5.75 Å². The van der Waals surface area contributed by atoms with Crippen molar-refractivity contribution < 1.29 is 27.9 Å². The van der Waals surface area contributed by atoms with Crippen molar-refractivity contribution in [1.82, 2.24) is 0 Å².